The fourth-order valence-corrected chi connectivity index (χ4v) is 1.50. The first-order valence-electron chi connectivity index (χ1n) is 6.64. The third-order valence-corrected chi connectivity index (χ3v) is 2.80. The van der Waals surface area contributed by atoms with Gasteiger partial charge in [-0.05, 0) is 31.2 Å². The number of nitrogens with zero attached hydrogens (tertiary/aromatic N) is 3. The Kier molecular flexibility index (Phi) is 7.12. The minimum absolute atomic E-state index is 0.189. The highest BCUT2D eigenvalue weighted by molar-refractivity contribution is 5.94. The second kappa shape index (κ2) is 8.83. The lowest BCUT2D eigenvalue weighted by Gasteiger charge is -2.13. The fourth-order valence-electron chi connectivity index (χ4n) is 1.50. The van der Waals surface area contributed by atoms with Crippen LogP contribution in [0.25, 0.3) is 0 Å². The second-order valence-corrected chi connectivity index (χ2v) is 4.49. The lowest BCUT2D eigenvalue weighted by Crippen LogP contribution is -2.26. The third-order valence-electron chi connectivity index (χ3n) is 2.80. The van der Waals surface area contributed by atoms with E-state index in [1.54, 1.807) is 0 Å². The monoisotopic (exact) mass is 359 g/mol. The van der Waals surface area contributed by atoms with Crippen molar-refractivity contribution in [2.75, 3.05) is 14.2 Å². The molecule has 0 aliphatic heterocycles. The van der Waals surface area contributed by atoms with Crippen LogP contribution in [0.3, 0.4) is 0 Å². The molecule has 0 radical (unpaired) electrons. The number of carbonyl (C=O) groups excluding carboxylic acids is 2. The Bertz CT molecular complexity index is 787. The Morgan fingerprint density at radius 2 is 1.36 bits per heavy atom. The van der Waals surface area contributed by atoms with E-state index in [-0.39, 0.29) is 11.1 Å². The van der Waals surface area contributed by atoms with Crippen molar-refractivity contribution in [2.24, 2.45) is 0 Å². The summed E-state index contributed by atoms with van der Waals surface area (Å²) in [5.74, 6) is -5.30. The van der Waals surface area contributed by atoms with Crippen LogP contribution in [0.5, 0.6) is 0 Å². The summed E-state index contributed by atoms with van der Waals surface area (Å²) in [6, 6.07) is 3.93. The predicted octanol–water partition coefficient (Wildman–Crippen LogP) is 2.56. The van der Waals surface area contributed by atoms with Gasteiger partial charge in [0.15, 0.2) is 5.78 Å². The van der Waals surface area contributed by atoms with Gasteiger partial charge in [0.05, 0.1) is 18.2 Å². The molecular formula is C15H13F4N3O3. The SMILES string of the molecule is CC(=O)c1ccc(F)nc1F.CON(C)C(=O)c1ccc(F)nc1F. The highest BCUT2D eigenvalue weighted by Gasteiger charge is 2.17. The van der Waals surface area contributed by atoms with E-state index in [0.29, 0.717) is 0 Å². The Morgan fingerprint density at radius 1 is 0.920 bits per heavy atom. The molecule has 10 heteroatoms. The normalized spacial score (nSPS) is 9.88. The number of pyridine rings is 2. The molecule has 0 saturated carbocycles. The summed E-state index contributed by atoms with van der Waals surface area (Å²) in [4.78, 5) is 32.1. The number of hydroxylamine groups is 2. The number of halogens is 4. The molecule has 1 amide bonds. The smallest absolute Gasteiger partial charge is 0.281 e. The number of hydrogen-bond acceptors (Lipinski definition) is 5. The maximum atomic E-state index is 12.9. The molecule has 2 rings (SSSR count). The van der Waals surface area contributed by atoms with Crippen LogP contribution in [0.1, 0.15) is 27.6 Å². The average molecular weight is 359 g/mol. The van der Waals surface area contributed by atoms with Gasteiger partial charge < -0.3 is 0 Å². The minimum Gasteiger partial charge on any atom is -0.294 e. The van der Waals surface area contributed by atoms with Crippen LogP contribution in [0.4, 0.5) is 17.6 Å². The molecule has 0 aromatic carbocycles. The first kappa shape index (κ1) is 20.2. The van der Waals surface area contributed by atoms with E-state index in [1.807, 2.05) is 0 Å². The minimum atomic E-state index is -1.15. The number of ketones is 1. The third kappa shape index (κ3) is 5.60. The zero-order valence-corrected chi connectivity index (χ0v) is 13.4. The van der Waals surface area contributed by atoms with Crippen molar-refractivity contribution in [1.82, 2.24) is 15.0 Å². The van der Waals surface area contributed by atoms with Crippen molar-refractivity contribution in [3.63, 3.8) is 0 Å². The summed E-state index contributed by atoms with van der Waals surface area (Å²) in [6.45, 7) is 1.19. The molecule has 2 heterocycles. The van der Waals surface area contributed by atoms with Crippen molar-refractivity contribution in [3.05, 3.63) is 59.2 Å². The van der Waals surface area contributed by atoms with Gasteiger partial charge >= 0.3 is 0 Å². The van der Waals surface area contributed by atoms with Crippen LogP contribution in [0.2, 0.25) is 0 Å². The number of rotatable bonds is 3. The maximum absolute atomic E-state index is 12.9. The van der Waals surface area contributed by atoms with Crippen molar-refractivity contribution in [1.29, 1.82) is 0 Å². The molecule has 0 bridgehead atoms. The van der Waals surface area contributed by atoms with E-state index in [4.69, 9.17) is 0 Å². The summed E-state index contributed by atoms with van der Waals surface area (Å²) in [5.41, 5.74) is -0.526. The van der Waals surface area contributed by atoms with E-state index in [9.17, 15) is 27.2 Å². The Balaban J connectivity index is 0.000000257. The fraction of sp³-hybridized carbons (Fsp3) is 0.200. The first-order chi connectivity index (χ1) is 11.7. The Morgan fingerprint density at radius 3 is 1.72 bits per heavy atom. The van der Waals surface area contributed by atoms with Crippen LogP contribution < -0.4 is 0 Å². The molecule has 0 N–H and O–H groups in total. The van der Waals surface area contributed by atoms with E-state index in [2.05, 4.69) is 14.8 Å². The Labute approximate surface area is 140 Å². The second-order valence-electron chi connectivity index (χ2n) is 4.49. The van der Waals surface area contributed by atoms with Gasteiger partial charge in [0.2, 0.25) is 23.8 Å². The van der Waals surface area contributed by atoms with Crippen molar-refractivity contribution < 1.29 is 32.0 Å². The first-order valence-corrected chi connectivity index (χ1v) is 6.64. The summed E-state index contributed by atoms with van der Waals surface area (Å²) >= 11 is 0. The predicted molar refractivity (Wildman–Crippen MR) is 77.4 cm³/mol. The largest absolute Gasteiger partial charge is 0.294 e. The van der Waals surface area contributed by atoms with Gasteiger partial charge in [-0.25, -0.2) is 5.06 Å². The molecule has 0 atom stereocenters. The molecule has 0 aliphatic rings. The van der Waals surface area contributed by atoms with Crippen molar-refractivity contribution in [3.8, 4) is 0 Å². The molecule has 0 saturated heterocycles. The van der Waals surface area contributed by atoms with Gasteiger partial charge in [-0.3, -0.25) is 14.4 Å². The van der Waals surface area contributed by atoms with E-state index in [0.717, 1.165) is 29.3 Å². The molecule has 0 fully saturated rings. The van der Waals surface area contributed by atoms with E-state index >= 15 is 0 Å². The molecule has 134 valence electrons. The maximum Gasteiger partial charge on any atom is 0.281 e. The molecule has 25 heavy (non-hydrogen) atoms. The Hall–Kier alpha value is -2.88. The lowest BCUT2D eigenvalue weighted by molar-refractivity contribution is -0.0760. The summed E-state index contributed by atoms with van der Waals surface area (Å²) < 4.78 is 50.0. The summed E-state index contributed by atoms with van der Waals surface area (Å²) in [6.07, 6.45) is 0. The van der Waals surface area contributed by atoms with Crippen LogP contribution in [0.15, 0.2) is 24.3 Å². The molecule has 2 aromatic heterocycles. The molecule has 2 aromatic rings. The van der Waals surface area contributed by atoms with Gasteiger partial charge in [-0.1, -0.05) is 0 Å². The number of aromatic nitrogens is 2. The molecule has 6 nitrogen and oxygen atoms in total. The molecular weight excluding hydrogens is 346 g/mol. The highest BCUT2D eigenvalue weighted by atomic mass is 19.1. The van der Waals surface area contributed by atoms with E-state index in [1.165, 1.54) is 21.1 Å². The number of hydrogen-bond donors (Lipinski definition) is 0. The molecule has 0 unspecified atom stereocenters. The summed E-state index contributed by atoms with van der Waals surface area (Å²) in [5, 5.41) is 0.817. The van der Waals surface area contributed by atoms with Crippen molar-refractivity contribution >= 4 is 11.7 Å². The van der Waals surface area contributed by atoms with Crippen molar-refractivity contribution in [2.45, 2.75) is 6.92 Å². The van der Waals surface area contributed by atoms with Gasteiger partial charge in [-0.15, -0.1) is 0 Å². The van der Waals surface area contributed by atoms with Gasteiger partial charge in [0, 0.05) is 7.05 Å². The number of amides is 1. The number of carbonyl (C=O) groups is 2. The number of Topliss-reactive ketones (excluding diaryl/α,β-unsaturated/α-hetero) is 1. The standard InChI is InChI=1S/C8H8F2N2O2.C7H5F2NO/c1-12(14-2)8(13)5-3-4-6(9)11-7(5)10;1-4(11)5-2-3-6(8)10-7(5)9/h3-4H,1-2H3;2-3H,1H3. The summed E-state index contributed by atoms with van der Waals surface area (Å²) in [7, 11) is 2.57. The van der Waals surface area contributed by atoms with Gasteiger partial charge in [0.1, 0.15) is 0 Å². The highest BCUT2D eigenvalue weighted by Crippen LogP contribution is 2.08. The zero-order valence-electron chi connectivity index (χ0n) is 13.4. The lowest BCUT2D eigenvalue weighted by atomic mass is 10.2. The van der Waals surface area contributed by atoms with Gasteiger partial charge in [0.25, 0.3) is 5.91 Å². The topological polar surface area (TPSA) is 72.4 Å². The quantitative estimate of drug-likeness (QED) is 0.365. The molecule has 0 spiro atoms. The van der Waals surface area contributed by atoms with Crippen LogP contribution in [-0.2, 0) is 4.84 Å². The average Bonchev–Trinajstić information content (AvgIpc) is 2.53. The zero-order chi connectivity index (χ0) is 19.1. The van der Waals surface area contributed by atoms with Crippen LogP contribution in [0, 0.1) is 23.8 Å². The van der Waals surface area contributed by atoms with Gasteiger partial charge in [-0.2, -0.15) is 27.5 Å². The van der Waals surface area contributed by atoms with E-state index < -0.39 is 35.5 Å². The van der Waals surface area contributed by atoms with Crippen LogP contribution in [-0.4, -0.2) is 40.9 Å². The van der Waals surface area contributed by atoms with Crippen LogP contribution >= 0.6 is 0 Å². The molecule has 0 aliphatic carbocycles.